The minimum Gasteiger partial charge on any atom is -0.410 e. The van der Waals surface area contributed by atoms with Crippen LogP contribution in [0.5, 0.6) is 5.75 Å². The molecule has 0 heterocycles. The number of fused-ring (bicyclic) bond motifs is 1. The van der Waals surface area contributed by atoms with Gasteiger partial charge >= 0.3 is 6.09 Å². The topological polar surface area (TPSA) is 38.3 Å². The second-order valence-electron chi connectivity index (χ2n) is 5.02. The molecular formula is C17H17NO2. The molecule has 0 saturated carbocycles. The Hall–Kier alpha value is -2.29. The lowest BCUT2D eigenvalue weighted by atomic mass is 9.92. The van der Waals surface area contributed by atoms with Gasteiger partial charge in [-0.3, -0.25) is 5.32 Å². The molecule has 1 amide bonds. The average Bonchev–Trinajstić information content (AvgIpc) is 2.48. The molecule has 0 saturated heterocycles. The largest absolute Gasteiger partial charge is 0.417 e. The molecule has 20 heavy (non-hydrogen) atoms. The molecule has 3 rings (SSSR count). The molecule has 0 aromatic heterocycles. The van der Waals surface area contributed by atoms with Gasteiger partial charge in [-0.2, -0.15) is 0 Å². The number of hydrogen-bond acceptors (Lipinski definition) is 2. The van der Waals surface area contributed by atoms with Crippen LogP contribution in [0.15, 0.2) is 48.5 Å². The number of nitrogens with one attached hydrogen (secondary N) is 1. The molecule has 0 radical (unpaired) electrons. The van der Waals surface area contributed by atoms with Crippen LogP contribution >= 0.6 is 0 Å². The monoisotopic (exact) mass is 267 g/mol. The molecule has 1 aliphatic carbocycles. The molecule has 0 fully saturated rings. The number of amides is 1. The molecule has 0 aliphatic heterocycles. The molecule has 1 aliphatic rings. The number of ether oxygens (including phenoxy) is 1. The first-order valence-corrected chi connectivity index (χ1v) is 6.97. The zero-order valence-electron chi connectivity index (χ0n) is 11.3. The van der Waals surface area contributed by atoms with Crippen LogP contribution in [0.4, 0.5) is 10.5 Å². The molecular weight excluding hydrogens is 250 g/mol. The fourth-order valence-corrected chi connectivity index (χ4v) is 2.55. The lowest BCUT2D eigenvalue weighted by Crippen LogP contribution is -2.17. The third-order valence-electron chi connectivity index (χ3n) is 3.55. The van der Waals surface area contributed by atoms with Crippen molar-refractivity contribution in [2.75, 3.05) is 5.32 Å². The lowest BCUT2D eigenvalue weighted by Gasteiger charge is -2.16. The van der Waals surface area contributed by atoms with Crippen LogP contribution in [0.2, 0.25) is 0 Å². The van der Waals surface area contributed by atoms with E-state index in [-0.39, 0.29) is 0 Å². The number of aryl methyl sites for hydroxylation is 2. The van der Waals surface area contributed by atoms with Gasteiger partial charge in [0.15, 0.2) is 0 Å². The maximum Gasteiger partial charge on any atom is 0.417 e. The van der Waals surface area contributed by atoms with Crippen molar-refractivity contribution in [2.24, 2.45) is 0 Å². The van der Waals surface area contributed by atoms with Crippen LogP contribution in [0.25, 0.3) is 0 Å². The summed E-state index contributed by atoms with van der Waals surface area (Å²) in [6, 6.07) is 15.2. The van der Waals surface area contributed by atoms with Crippen molar-refractivity contribution in [3.63, 3.8) is 0 Å². The summed E-state index contributed by atoms with van der Waals surface area (Å²) in [6.07, 6.45) is 4.22. The van der Waals surface area contributed by atoms with Crippen molar-refractivity contribution < 1.29 is 9.53 Å². The maximum absolute atomic E-state index is 11.8. The van der Waals surface area contributed by atoms with Crippen molar-refractivity contribution in [3.8, 4) is 5.75 Å². The van der Waals surface area contributed by atoms with E-state index in [0.717, 1.165) is 18.5 Å². The van der Waals surface area contributed by atoms with Gasteiger partial charge in [0.2, 0.25) is 0 Å². The lowest BCUT2D eigenvalue weighted by molar-refractivity contribution is 0.215. The van der Waals surface area contributed by atoms with E-state index in [4.69, 9.17) is 4.74 Å². The van der Waals surface area contributed by atoms with Crippen molar-refractivity contribution in [3.05, 3.63) is 59.7 Å². The van der Waals surface area contributed by atoms with Gasteiger partial charge in [-0.25, -0.2) is 4.79 Å². The Balaban J connectivity index is 1.67. The van der Waals surface area contributed by atoms with Gasteiger partial charge in [-0.05, 0) is 61.1 Å². The van der Waals surface area contributed by atoms with E-state index in [1.54, 1.807) is 0 Å². The Bertz CT molecular complexity index is 608. The Morgan fingerprint density at radius 2 is 1.70 bits per heavy atom. The Labute approximate surface area is 118 Å². The fourth-order valence-electron chi connectivity index (χ4n) is 2.55. The van der Waals surface area contributed by atoms with Gasteiger partial charge in [-0.15, -0.1) is 0 Å². The summed E-state index contributed by atoms with van der Waals surface area (Å²) in [4.78, 5) is 11.8. The molecule has 2 aromatic rings. The molecule has 102 valence electrons. The summed E-state index contributed by atoms with van der Waals surface area (Å²) >= 11 is 0. The summed E-state index contributed by atoms with van der Waals surface area (Å²) in [5.41, 5.74) is 3.42. The minimum atomic E-state index is -0.452. The average molecular weight is 267 g/mol. The van der Waals surface area contributed by atoms with Gasteiger partial charge in [0.1, 0.15) is 5.75 Å². The minimum absolute atomic E-state index is 0.452. The number of carbonyl (C=O) groups excluding carboxylic acids is 1. The predicted molar refractivity (Wildman–Crippen MR) is 79.2 cm³/mol. The number of anilines is 1. The first kappa shape index (κ1) is 12.7. The number of benzene rings is 2. The number of hydrogen-bond donors (Lipinski definition) is 1. The zero-order chi connectivity index (χ0) is 13.8. The summed E-state index contributed by atoms with van der Waals surface area (Å²) in [5, 5.41) is 2.71. The summed E-state index contributed by atoms with van der Waals surface area (Å²) < 4.78 is 5.33. The van der Waals surface area contributed by atoms with E-state index in [1.807, 2.05) is 42.5 Å². The highest BCUT2D eigenvalue weighted by Gasteiger charge is 2.11. The molecule has 0 bridgehead atoms. The van der Waals surface area contributed by atoms with E-state index in [0.29, 0.717) is 5.75 Å². The standard InChI is InChI=1S/C17H17NO2/c19-17(18-15-8-2-1-3-9-15)20-16-11-10-13-6-4-5-7-14(13)12-16/h1-3,8-12H,4-7H2,(H,18,19). The number of para-hydroxylation sites is 1. The molecule has 3 nitrogen and oxygen atoms in total. The van der Waals surface area contributed by atoms with E-state index < -0.39 is 6.09 Å². The fraction of sp³-hybridized carbons (Fsp3) is 0.235. The Morgan fingerprint density at radius 3 is 2.50 bits per heavy atom. The molecule has 0 unspecified atom stereocenters. The third kappa shape index (κ3) is 2.99. The van der Waals surface area contributed by atoms with E-state index in [2.05, 4.69) is 11.4 Å². The first-order chi connectivity index (χ1) is 9.81. The highest BCUT2D eigenvalue weighted by Crippen LogP contribution is 2.25. The summed E-state index contributed by atoms with van der Waals surface area (Å²) in [5.74, 6) is 0.610. The summed E-state index contributed by atoms with van der Waals surface area (Å²) in [6.45, 7) is 0. The molecule has 3 heteroatoms. The highest BCUT2D eigenvalue weighted by atomic mass is 16.6. The van der Waals surface area contributed by atoms with Gasteiger partial charge in [0, 0.05) is 5.69 Å². The van der Waals surface area contributed by atoms with E-state index >= 15 is 0 Å². The van der Waals surface area contributed by atoms with Crippen LogP contribution in [0.3, 0.4) is 0 Å². The molecule has 0 atom stereocenters. The van der Waals surface area contributed by atoms with E-state index in [1.165, 1.54) is 24.0 Å². The van der Waals surface area contributed by atoms with Crippen molar-refractivity contribution in [2.45, 2.75) is 25.7 Å². The number of rotatable bonds is 2. The number of carbonyl (C=O) groups is 1. The van der Waals surface area contributed by atoms with E-state index in [9.17, 15) is 4.79 Å². The van der Waals surface area contributed by atoms with Crippen LogP contribution in [-0.4, -0.2) is 6.09 Å². The van der Waals surface area contributed by atoms with Crippen LogP contribution < -0.4 is 10.1 Å². The predicted octanol–water partition coefficient (Wildman–Crippen LogP) is 4.18. The summed E-state index contributed by atoms with van der Waals surface area (Å²) in [7, 11) is 0. The quantitative estimate of drug-likeness (QED) is 0.886. The first-order valence-electron chi connectivity index (χ1n) is 6.97. The van der Waals surface area contributed by atoms with Crippen molar-refractivity contribution >= 4 is 11.8 Å². The highest BCUT2D eigenvalue weighted by molar-refractivity contribution is 5.86. The van der Waals surface area contributed by atoms with Crippen molar-refractivity contribution in [1.82, 2.24) is 0 Å². The van der Waals surface area contributed by atoms with Gasteiger partial charge in [0.05, 0.1) is 0 Å². The smallest absolute Gasteiger partial charge is 0.410 e. The third-order valence-corrected chi connectivity index (χ3v) is 3.55. The zero-order valence-corrected chi connectivity index (χ0v) is 11.3. The SMILES string of the molecule is O=C(Nc1ccccc1)Oc1ccc2c(c1)CCCC2. The van der Waals surface area contributed by atoms with Gasteiger partial charge < -0.3 is 4.74 Å². The van der Waals surface area contributed by atoms with Crippen LogP contribution in [0.1, 0.15) is 24.0 Å². The molecule has 1 N–H and O–H groups in total. The van der Waals surface area contributed by atoms with Gasteiger partial charge in [0.25, 0.3) is 0 Å². The van der Waals surface area contributed by atoms with Gasteiger partial charge in [-0.1, -0.05) is 24.3 Å². The molecule has 2 aromatic carbocycles. The Morgan fingerprint density at radius 1 is 0.950 bits per heavy atom. The second kappa shape index (κ2) is 5.78. The maximum atomic E-state index is 11.8. The Kier molecular flexibility index (Phi) is 3.68. The van der Waals surface area contributed by atoms with Crippen molar-refractivity contribution in [1.29, 1.82) is 0 Å². The van der Waals surface area contributed by atoms with Crippen LogP contribution in [-0.2, 0) is 12.8 Å². The molecule has 0 spiro atoms. The van der Waals surface area contributed by atoms with Crippen LogP contribution in [0, 0.1) is 0 Å². The normalized spacial score (nSPS) is 13.4. The second-order valence-corrected chi connectivity index (χ2v) is 5.02.